The molecule has 0 atom stereocenters. The van der Waals surface area contributed by atoms with Gasteiger partial charge in [0.15, 0.2) is 23.5 Å². The van der Waals surface area contributed by atoms with Crippen LogP contribution in [-0.2, 0) is 11.9 Å². The average Bonchev–Trinajstić information content (AvgIpc) is 1.94. The summed E-state index contributed by atoms with van der Waals surface area (Å²) in [6.07, 6.45) is 0. The molecule has 0 aromatic heterocycles. The van der Waals surface area contributed by atoms with E-state index in [-0.39, 0.29) is 35.3 Å². The van der Waals surface area contributed by atoms with Crippen LogP contribution >= 0.6 is 0 Å². The fraction of sp³-hybridized carbons (Fsp3) is 0. The van der Waals surface area contributed by atoms with Gasteiger partial charge in [0.2, 0.25) is 0 Å². The van der Waals surface area contributed by atoms with Crippen molar-refractivity contribution in [1.82, 2.24) is 0 Å². The molecule has 0 aliphatic heterocycles. The van der Waals surface area contributed by atoms with E-state index >= 15 is 0 Å². The number of benzene rings is 1. The Morgan fingerprint density at radius 3 is 2.55 bits per heavy atom. The summed E-state index contributed by atoms with van der Waals surface area (Å²) in [5.41, 5.74) is 0. The molecule has 0 saturated carbocycles. The molecule has 2 nitrogen and oxygen atoms in total. The van der Waals surface area contributed by atoms with E-state index in [1.165, 1.54) is 18.2 Å². The van der Waals surface area contributed by atoms with Crippen molar-refractivity contribution in [3.05, 3.63) is 30.1 Å². The van der Waals surface area contributed by atoms with Gasteiger partial charge in [-0.3, -0.25) is 0 Å². The van der Waals surface area contributed by atoms with E-state index in [2.05, 4.69) is 4.18 Å². The first-order valence-corrected chi connectivity index (χ1v) is 3.32. The van der Waals surface area contributed by atoms with Crippen LogP contribution in [0.25, 0.3) is 0 Å². The number of hydrogen-bond donors (Lipinski definition) is 1. The molecule has 5 heteroatoms. The zero-order valence-electron chi connectivity index (χ0n) is 4.95. The second-order valence-corrected chi connectivity index (χ2v) is 1.93. The molecule has 0 saturated heterocycles. The fourth-order valence-electron chi connectivity index (χ4n) is 0.559. The Bertz CT molecular complexity index is 244. The van der Waals surface area contributed by atoms with E-state index in [0.717, 1.165) is 0 Å². The van der Waals surface area contributed by atoms with Crippen molar-refractivity contribution in [2.75, 3.05) is 0 Å². The van der Waals surface area contributed by atoms with Crippen molar-refractivity contribution >= 4 is 41.5 Å². The van der Waals surface area contributed by atoms with Crippen molar-refractivity contribution < 1.29 is 12.8 Å². The van der Waals surface area contributed by atoms with Crippen LogP contribution in [0.4, 0.5) is 4.39 Å². The van der Waals surface area contributed by atoms with Crippen molar-refractivity contribution in [2.45, 2.75) is 0 Å². The van der Waals surface area contributed by atoms with Crippen molar-refractivity contribution in [2.24, 2.45) is 0 Å². The number of thiol groups is 1. The maximum absolute atomic E-state index is 12.5. The monoisotopic (exact) mass is 184 g/mol. The molecule has 0 unspecified atom stereocenters. The third-order valence-corrected chi connectivity index (χ3v) is 1.24. The van der Waals surface area contributed by atoms with Crippen LogP contribution in [0.2, 0.25) is 0 Å². The van der Waals surface area contributed by atoms with E-state index in [9.17, 15) is 8.60 Å². The van der Waals surface area contributed by atoms with Gasteiger partial charge in [0.05, 0.1) is 0 Å². The van der Waals surface area contributed by atoms with Crippen LogP contribution in [0, 0.1) is 5.82 Å². The predicted molar refractivity (Wildman–Crippen MR) is 43.7 cm³/mol. The summed E-state index contributed by atoms with van der Waals surface area (Å²) in [7, 11) is 0. The molecule has 56 valence electrons. The van der Waals surface area contributed by atoms with Gasteiger partial charge in [-0.2, -0.15) is 0 Å². The Kier molecular flexibility index (Phi) is 5.76. The summed E-state index contributed by atoms with van der Waals surface area (Å²) in [6.45, 7) is 0. The first-order valence-electron chi connectivity index (χ1n) is 2.59. The van der Waals surface area contributed by atoms with Gasteiger partial charge in [-0.25, -0.2) is 8.60 Å². The van der Waals surface area contributed by atoms with Crippen molar-refractivity contribution in [1.29, 1.82) is 0 Å². The van der Waals surface area contributed by atoms with Gasteiger partial charge in [0, 0.05) is 0 Å². The molecular formula is C6H6FNaO2S. The average molecular weight is 184 g/mol. The first-order chi connectivity index (χ1) is 4.84. The maximum atomic E-state index is 12.5. The minimum absolute atomic E-state index is 0. The zero-order chi connectivity index (χ0) is 7.40. The van der Waals surface area contributed by atoms with E-state index in [1.807, 2.05) is 0 Å². The summed E-state index contributed by atoms with van der Waals surface area (Å²) in [4.78, 5) is 0. The van der Waals surface area contributed by atoms with Gasteiger partial charge < -0.3 is 4.18 Å². The molecule has 0 spiro atoms. The number of hydrogen-bond acceptors (Lipinski definition) is 2. The molecule has 1 aromatic carbocycles. The zero-order valence-corrected chi connectivity index (χ0v) is 5.85. The van der Waals surface area contributed by atoms with Gasteiger partial charge >= 0.3 is 29.6 Å². The van der Waals surface area contributed by atoms with Crippen molar-refractivity contribution in [3.63, 3.8) is 0 Å². The molecule has 1 rings (SSSR count). The Morgan fingerprint density at radius 1 is 1.36 bits per heavy atom. The first kappa shape index (κ1) is 11.1. The molecule has 0 aliphatic carbocycles. The summed E-state index contributed by atoms with van der Waals surface area (Å²) >= 11 is -0.540. The number of para-hydroxylation sites is 1. The molecule has 0 aliphatic rings. The molecule has 1 aromatic rings. The third-order valence-electron chi connectivity index (χ3n) is 0.972. The van der Waals surface area contributed by atoms with Gasteiger partial charge in [-0.15, -0.1) is 0 Å². The van der Waals surface area contributed by atoms with Crippen LogP contribution in [0.1, 0.15) is 0 Å². The van der Waals surface area contributed by atoms with Gasteiger partial charge in [0.1, 0.15) is 0 Å². The van der Waals surface area contributed by atoms with Crippen molar-refractivity contribution in [3.8, 4) is 5.75 Å². The Labute approximate surface area is 89.7 Å². The molecule has 0 radical (unpaired) electrons. The quantitative estimate of drug-likeness (QED) is 0.532. The van der Waals surface area contributed by atoms with E-state index < -0.39 is 17.8 Å². The second-order valence-electron chi connectivity index (χ2n) is 1.60. The SMILES string of the molecule is O=[SH]Oc1ccccc1F.[NaH]. The Morgan fingerprint density at radius 2 is 2.00 bits per heavy atom. The molecule has 0 heterocycles. The third kappa shape index (κ3) is 3.33. The molecular weight excluding hydrogens is 178 g/mol. The van der Waals surface area contributed by atoms with E-state index in [4.69, 9.17) is 0 Å². The van der Waals surface area contributed by atoms with Crippen LogP contribution in [0.5, 0.6) is 5.75 Å². The molecule has 0 N–H and O–H groups in total. The van der Waals surface area contributed by atoms with Gasteiger partial charge in [0.25, 0.3) is 0 Å². The van der Waals surface area contributed by atoms with Crippen LogP contribution < -0.4 is 4.18 Å². The number of rotatable bonds is 2. The molecule has 0 fully saturated rings. The van der Waals surface area contributed by atoms with E-state index in [0.29, 0.717) is 0 Å². The summed E-state index contributed by atoms with van der Waals surface area (Å²) in [5.74, 6) is -0.509. The fourth-order valence-corrected chi connectivity index (χ4v) is 0.787. The van der Waals surface area contributed by atoms with E-state index in [1.54, 1.807) is 6.07 Å². The van der Waals surface area contributed by atoms with Crippen LogP contribution in [0.15, 0.2) is 24.3 Å². The second kappa shape index (κ2) is 5.71. The van der Waals surface area contributed by atoms with Crippen LogP contribution in [0.3, 0.4) is 0 Å². The summed E-state index contributed by atoms with van der Waals surface area (Å²) in [5, 5.41) is 0. The van der Waals surface area contributed by atoms with Gasteiger partial charge in [-0.1, -0.05) is 12.1 Å². The Balaban J connectivity index is 0.000001000. The Hall–Kier alpha value is 0.1000. The standard InChI is InChI=1S/C6H5FO2S.Na.H/c7-5-3-1-2-4-6(5)9-10-8;;/h1-4,10H;;. The summed E-state index contributed by atoms with van der Waals surface area (Å²) < 4.78 is 26.7. The molecule has 0 bridgehead atoms. The minimum atomic E-state index is -0.540. The normalized spacial score (nSPS) is 8.45. The number of halogens is 1. The topological polar surface area (TPSA) is 26.3 Å². The summed E-state index contributed by atoms with van der Waals surface area (Å²) in [6, 6.07) is 5.77. The molecule has 0 amide bonds. The van der Waals surface area contributed by atoms with Gasteiger partial charge in [-0.05, 0) is 12.1 Å². The van der Waals surface area contributed by atoms with Crippen LogP contribution in [-0.4, -0.2) is 33.8 Å². The predicted octanol–water partition coefficient (Wildman–Crippen LogP) is 0.416. The molecule has 11 heavy (non-hydrogen) atoms.